The SMILES string of the molecule is COCCNC(=O)C(C)n1ccnc1. The van der Waals surface area contributed by atoms with Crippen LogP contribution in [-0.2, 0) is 9.53 Å². The first kappa shape index (κ1) is 10.7. The van der Waals surface area contributed by atoms with Crippen molar-refractivity contribution in [1.29, 1.82) is 0 Å². The van der Waals surface area contributed by atoms with Crippen molar-refractivity contribution in [2.24, 2.45) is 0 Å². The lowest BCUT2D eigenvalue weighted by atomic mass is 10.3. The summed E-state index contributed by atoms with van der Waals surface area (Å²) in [6.07, 6.45) is 5.04. The largest absolute Gasteiger partial charge is 0.383 e. The van der Waals surface area contributed by atoms with Gasteiger partial charge in [0.05, 0.1) is 12.9 Å². The molecule has 1 aromatic rings. The van der Waals surface area contributed by atoms with Crippen LogP contribution in [0.4, 0.5) is 0 Å². The standard InChI is InChI=1S/C9H15N3O2/c1-8(12-5-3-10-7-12)9(13)11-4-6-14-2/h3,5,7-8H,4,6H2,1-2H3,(H,11,13). The minimum absolute atomic E-state index is 0.0277. The number of nitrogens with one attached hydrogen (secondary N) is 1. The molecule has 1 unspecified atom stereocenters. The Morgan fingerprint density at radius 3 is 3.07 bits per heavy atom. The predicted molar refractivity (Wildman–Crippen MR) is 51.8 cm³/mol. The van der Waals surface area contributed by atoms with Crippen molar-refractivity contribution in [3.05, 3.63) is 18.7 Å². The van der Waals surface area contributed by atoms with Gasteiger partial charge in [0, 0.05) is 26.0 Å². The summed E-state index contributed by atoms with van der Waals surface area (Å²) in [5.74, 6) is -0.0277. The second-order valence-corrected chi connectivity index (χ2v) is 2.97. The van der Waals surface area contributed by atoms with Gasteiger partial charge < -0.3 is 14.6 Å². The number of amides is 1. The van der Waals surface area contributed by atoms with Crippen LogP contribution < -0.4 is 5.32 Å². The van der Waals surface area contributed by atoms with Crippen LogP contribution in [0.3, 0.4) is 0 Å². The van der Waals surface area contributed by atoms with E-state index < -0.39 is 0 Å². The molecule has 1 heterocycles. The van der Waals surface area contributed by atoms with Crippen LogP contribution in [0.25, 0.3) is 0 Å². The Bertz CT molecular complexity index is 272. The van der Waals surface area contributed by atoms with Gasteiger partial charge in [-0.3, -0.25) is 4.79 Å². The molecule has 0 saturated carbocycles. The van der Waals surface area contributed by atoms with Crippen LogP contribution in [-0.4, -0.2) is 35.7 Å². The fourth-order valence-electron chi connectivity index (χ4n) is 1.06. The molecule has 0 spiro atoms. The number of rotatable bonds is 5. The average Bonchev–Trinajstić information content (AvgIpc) is 2.69. The number of hydrogen-bond donors (Lipinski definition) is 1. The molecular weight excluding hydrogens is 182 g/mol. The summed E-state index contributed by atoms with van der Waals surface area (Å²) in [5.41, 5.74) is 0. The Labute approximate surface area is 83.1 Å². The van der Waals surface area contributed by atoms with Gasteiger partial charge in [-0.15, -0.1) is 0 Å². The molecule has 0 aliphatic heterocycles. The highest BCUT2D eigenvalue weighted by molar-refractivity contribution is 5.79. The Hall–Kier alpha value is -1.36. The molecule has 0 bridgehead atoms. The maximum absolute atomic E-state index is 11.5. The number of hydrogen-bond acceptors (Lipinski definition) is 3. The zero-order valence-electron chi connectivity index (χ0n) is 8.43. The van der Waals surface area contributed by atoms with Crippen LogP contribution in [0.5, 0.6) is 0 Å². The summed E-state index contributed by atoms with van der Waals surface area (Å²) in [4.78, 5) is 15.4. The second-order valence-electron chi connectivity index (χ2n) is 2.97. The summed E-state index contributed by atoms with van der Waals surface area (Å²) >= 11 is 0. The molecule has 14 heavy (non-hydrogen) atoms. The molecule has 0 aliphatic carbocycles. The zero-order chi connectivity index (χ0) is 10.4. The molecule has 5 nitrogen and oxygen atoms in total. The topological polar surface area (TPSA) is 56.1 Å². The maximum atomic E-state index is 11.5. The van der Waals surface area contributed by atoms with Gasteiger partial charge in [0.2, 0.25) is 5.91 Å². The monoisotopic (exact) mass is 197 g/mol. The van der Waals surface area contributed by atoms with Crippen LogP contribution in [0.15, 0.2) is 18.7 Å². The van der Waals surface area contributed by atoms with Gasteiger partial charge in [0.1, 0.15) is 6.04 Å². The van der Waals surface area contributed by atoms with Gasteiger partial charge in [-0.25, -0.2) is 4.98 Å². The average molecular weight is 197 g/mol. The van der Waals surface area contributed by atoms with Crippen LogP contribution in [0, 0.1) is 0 Å². The molecule has 0 aromatic carbocycles. The Balaban J connectivity index is 2.37. The van der Waals surface area contributed by atoms with Crippen molar-refractivity contribution >= 4 is 5.91 Å². The molecule has 0 radical (unpaired) electrons. The fourth-order valence-corrected chi connectivity index (χ4v) is 1.06. The van der Waals surface area contributed by atoms with Gasteiger partial charge in [0.15, 0.2) is 0 Å². The summed E-state index contributed by atoms with van der Waals surface area (Å²) in [6.45, 7) is 2.89. The molecule has 1 atom stereocenters. The van der Waals surface area contributed by atoms with E-state index >= 15 is 0 Å². The first-order chi connectivity index (χ1) is 6.75. The van der Waals surface area contributed by atoms with Gasteiger partial charge >= 0.3 is 0 Å². The van der Waals surface area contributed by atoms with E-state index in [1.54, 1.807) is 30.4 Å². The molecule has 0 saturated heterocycles. The molecule has 78 valence electrons. The van der Waals surface area contributed by atoms with Crippen LogP contribution in [0.2, 0.25) is 0 Å². The van der Waals surface area contributed by atoms with Gasteiger partial charge in [-0.1, -0.05) is 0 Å². The second kappa shape index (κ2) is 5.39. The van der Waals surface area contributed by atoms with Crippen LogP contribution >= 0.6 is 0 Å². The number of ether oxygens (including phenoxy) is 1. The summed E-state index contributed by atoms with van der Waals surface area (Å²) < 4.78 is 6.58. The fraction of sp³-hybridized carbons (Fsp3) is 0.556. The van der Waals surface area contributed by atoms with Crippen LogP contribution in [0.1, 0.15) is 13.0 Å². The summed E-state index contributed by atoms with van der Waals surface area (Å²) in [7, 11) is 1.60. The third kappa shape index (κ3) is 2.85. The number of carbonyl (C=O) groups excluding carboxylic acids is 1. The minimum Gasteiger partial charge on any atom is -0.383 e. The van der Waals surface area contributed by atoms with E-state index in [1.165, 1.54) is 0 Å². The van der Waals surface area contributed by atoms with Crippen molar-refractivity contribution in [2.75, 3.05) is 20.3 Å². The van der Waals surface area contributed by atoms with Crippen molar-refractivity contribution in [1.82, 2.24) is 14.9 Å². The third-order valence-electron chi connectivity index (χ3n) is 1.96. The van der Waals surface area contributed by atoms with E-state index in [2.05, 4.69) is 10.3 Å². The van der Waals surface area contributed by atoms with Crippen molar-refractivity contribution in [3.8, 4) is 0 Å². The smallest absolute Gasteiger partial charge is 0.242 e. The number of aromatic nitrogens is 2. The molecule has 0 fully saturated rings. The Morgan fingerprint density at radius 2 is 2.50 bits per heavy atom. The van der Waals surface area contributed by atoms with E-state index in [4.69, 9.17) is 4.74 Å². The first-order valence-electron chi connectivity index (χ1n) is 4.49. The zero-order valence-corrected chi connectivity index (χ0v) is 8.43. The highest BCUT2D eigenvalue weighted by atomic mass is 16.5. The molecule has 5 heteroatoms. The molecule has 1 amide bonds. The Morgan fingerprint density at radius 1 is 1.71 bits per heavy atom. The molecular formula is C9H15N3O2. The maximum Gasteiger partial charge on any atom is 0.242 e. The lowest BCUT2D eigenvalue weighted by Gasteiger charge is -2.12. The quantitative estimate of drug-likeness (QED) is 0.686. The van der Waals surface area contributed by atoms with Crippen molar-refractivity contribution in [2.45, 2.75) is 13.0 Å². The number of imidazole rings is 1. The van der Waals surface area contributed by atoms with E-state index in [0.29, 0.717) is 13.2 Å². The molecule has 0 aliphatic rings. The molecule has 1 N–H and O–H groups in total. The molecule has 1 aromatic heterocycles. The van der Waals surface area contributed by atoms with Crippen molar-refractivity contribution < 1.29 is 9.53 Å². The van der Waals surface area contributed by atoms with Gasteiger partial charge in [-0.05, 0) is 6.92 Å². The highest BCUT2D eigenvalue weighted by Crippen LogP contribution is 2.03. The van der Waals surface area contributed by atoms with Crippen molar-refractivity contribution in [3.63, 3.8) is 0 Å². The Kier molecular flexibility index (Phi) is 4.12. The van der Waals surface area contributed by atoms with E-state index in [-0.39, 0.29) is 11.9 Å². The lowest BCUT2D eigenvalue weighted by molar-refractivity contribution is -0.124. The summed E-state index contributed by atoms with van der Waals surface area (Å²) in [6, 6.07) is -0.227. The third-order valence-corrected chi connectivity index (χ3v) is 1.96. The van der Waals surface area contributed by atoms with E-state index in [9.17, 15) is 4.79 Å². The van der Waals surface area contributed by atoms with Gasteiger partial charge in [0.25, 0.3) is 0 Å². The predicted octanol–water partition coefficient (Wildman–Crippen LogP) is 0.207. The normalized spacial score (nSPS) is 12.4. The summed E-state index contributed by atoms with van der Waals surface area (Å²) in [5, 5.41) is 2.76. The van der Waals surface area contributed by atoms with Gasteiger partial charge in [-0.2, -0.15) is 0 Å². The number of methoxy groups -OCH3 is 1. The number of nitrogens with zero attached hydrogens (tertiary/aromatic N) is 2. The first-order valence-corrected chi connectivity index (χ1v) is 4.49. The molecule has 1 rings (SSSR count). The lowest BCUT2D eigenvalue weighted by Crippen LogP contribution is -2.32. The minimum atomic E-state index is -0.227. The van der Waals surface area contributed by atoms with E-state index in [0.717, 1.165) is 0 Å². The van der Waals surface area contributed by atoms with E-state index in [1.807, 2.05) is 6.92 Å². The highest BCUT2D eigenvalue weighted by Gasteiger charge is 2.12. The number of carbonyl (C=O) groups is 1.